The molecule has 1 aromatic heterocycles. The van der Waals surface area contributed by atoms with E-state index in [0.717, 1.165) is 22.7 Å². The first-order valence-electron chi connectivity index (χ1n) is 8.84. The van der Waals surface area contributed by atoms with Crippen LogP contribution in [0.1, 0.15) is 16.1 Å². The van der Waals surface area contributed by atoms with E-state index in [-0.39, 0.29) is 11.6 Å². The molecule has 0 spiro atoms. The Morgan fingerprint density at radius 3 is 2.39 bits per heavy atom. The molecule has 0 aliphatic heterocycles. The van der Waals surface area contributed by atoms with Crippen molar-refractivity contribution in [3.05, 3.63) is 71.9 Å². The Hall–Kier alpha value is -3.61. The summed E-state index contributed by atoms with van der Waals surface area (Å²) in [6.07, 6.45) is 0.702. The van der Waals surface area contributed by atoms with E-state index in [1.807, 2.05) is 48.5 Å². The number of carbonyl (C=O) groups excluding carboxylic acids is 1. The van der Waals surface area contributed by atoms with Gasteiger partial charge < -0.3 is 20.1 Å². The number of methoxy groups -OCH3 is 2. The Labute approximate surface area is 163 Å². The zero-order chi connectivity index (χ0) is 19.8. The van der Waals surface area contributed by atoms with Crippen molar-refractivity contribution < 1.29 is 14.3 Å². The van der Waals surface area contributed by atoms with Crippen LogP contribution in [0.2, 0.25) is 0 Å². The number of nitrogens with zero attached hydrogens (tertiary/aromatic N) is 2. The molecule has 0 aliphatic carbocycles. The van der Waals surface area contributed by atoms with Crippen molar-refractivity contribution in [2.45, 2.75) is 6.42 Å². The molecule has 0 bridgehead atoms. The average Bonchev–Trinajstić information content (AvgIpc) is 2.75. The summed E-state index contributed by atoms with van der Waals surface area (Å²) in [6.45, 7) is 0.500. The summed E-state index contributed by atoms with van der Waals surface area (Å²) in [4.78, 5) is 12.2. The van der Waals surface area contributed by atoms with Crippen LogP contribution in [0, 0.1) is 0 Å². The van der Waals surface area contributed by atoms with Crippen molar-refractivity contribution in [3.8, 4) is 11.5 Å². The maximum absolute atomic E-state index is 12.2. The summed E-state index contributed by atoms with van der Waals surface area (Å²) in [6, 6.07) is 18.6. The standard InChI is InChI=1S/C21H22N4O3/c1-27-17-8-6-16(7-9-17)23-20-11-10-19(24-25-20)21(26)22-13-12-15-4-3-5-18(14-15)28-2/h3-11,14H,12-13H2,1-2H3,(H,22,26)(H,23,25). The number of amides is 1. The molecule has 144 valence electrons. The topological polar surface area (TPSA) is 85.4 Å². The highest BCUT2D eigenvalue weighted by Gasteiger charge is 2.08. The smallest absolute Gasteiger partial charge is 0.271 e. The molecule has 0 atom stereocenters. The number of nitrogens with one attached hydrogen (secondary N) is 2. The SMILES string of the molecule is COc1ccc(Nc2ccc(C(=O)NCCc3cccc(OC)c3)nn2)cc1. The zero-order valence-electron chi connectivity index (χ0n) is 15.8. The second kappa shape index (κ2) is 9.36. The highest BCUT2D eigenvalue weighted by molar-refractivity contribution is 5.92. The number of aromatic nitrogens is 2. The van der Waals surface area contributed by atoms with Crippen molar-refractivity contribution in [1.82, 2.24) is 15.5 Å². The molecule has 0 saturated heterocycles. The molecular weight excluding hydrogens is 356 g/mol. The minimum atomic E-state index is -0.258. The fourth-order valence-electron chi connectivity index (χ4n) is 2.58. The Morgan fingerprint density at radius 2 is 1.71 bits per heavy atom. The van der Waals surface area contributed by atoms with E-state index < -0.39 is 0 Å². The molecule has 3 aromatic rings. The normalized spacial score (nSPS) is 10.2. The van der Waals surface area contributed by atoms with Gasteiger partial charge in [0.25, 0.3) is 5.91 Å². The van der Waals surface area contributed by atoms with Gasteiger partial charge in [-0.2, -0.15) is 0 Å². The van der Waals surface area contributed by atoms with Gasteiger partial charge in [0.2, 0.25) is 0 Å². The van der Waals surface area contributed by atoms with Crippen LogP contribution in [0.25, 0.3) is 0 Å². The van der Waals surface area contributed by atoms with Crippen molar-refractivity contribution in [1.29, 1.82) is 0 Å². The molecule has 7 heteroatoms. The fourth-order valence-corrected chi connectivity index (χ4v) is 2.58. The molecule has 1 heterocycles. The number of anilines is 2. The van der Waals surface area contributed by atoms with Gasteiger partial charge in [-0.15, -0.1) is 10.2 Å². The summed E-state index contributed by atoms with van der Waals surface area (Å²) in [5.41, 5.74) is 2.21. The predicted octanol–water partition coefficient (Wildman–Crippen LogP) is 3.21. The van der Waals surface area contributed by atoms with E-state index in [2.05, 4.69) is 20.8 Å². The first kappa shape index (κ1) is 19.2. The van der Waals surface area contributed by atoms with Crippen molar-refractivity contribution in [2.24, 2.45) is 0 Å². The van der Waals surface area contributed by atoms with Crippen LogP contribution < -0.4 is 20.1 Å². The van der Waals surface area contributed by atoms with Gasteiger partial charge in [-0.25, -0.2) is 0 Å². The fraction of sp³-hybridized carbons (Fsp3) is 0.190. The Balaban J connectivity index is 1.51. The summed E-state index contributed by atoms with van der Waals surface area (Å²) in [5, 5.41) is 14.0. The van der Waals surface area contributed by atoms with Crippen LogP contribution >= 0.6 is 0 Å². The summed E-state index contributed by atoms with van der Waals surface area (Å²) < 4.78 is 10.3. The van der Waals surface area contributed by atoms with Crippen LogP contribution in [-0.2, 0) is 6.42 Å². The lowest BCUT2D eigenvalue weighted by Gasteiger charge is -2.08. The maximum Gasteiger partial charge on any atom is 0.271 e. The van der Waals surface area contributed by atoms with E-state index in [1.54, 1.807) is 26.4 Å². The number of hydrogen-bond donors (Lipinski definition) is 2. The molecule has 1 amide bonds. The molecule has 7 nitrogen and oxygen atoms in total. The van der Waals surface area contributed by atoms with Gasteiger partial charge in [0, 0.05) is 12.2 Å². The van der Waals surface area contributed by atoms with Crippen molar-refractivity contribution in [2.75, 3.05) is 26.1 Å². The van der Waals surface area contributed by atoms with Gasteiger partial charge in [0.1, 0.15) is 11.5 Å². The van der Waals surface area contributed by atoms with Crippen LogP contribution in [0.15, 0.2) is 60.7 Å². The van der Waals surface area contributed by atoms with Gasteiger partial charge in [-0.05, 0) is 60.5 Å². The zero-order valence-corrected chi connectivity index (χ0v) is 15.8. The van der Waals surface area contributed by atoms with Crippen LogP contribution in [-0.4, -0.2) is 36.9 Å². The van der Waals surface area contributed by atoms with Gasteiger partial charge >= 0.3 is 0 Å². The lowest BCUT2D eigenvalue weighted by molar-refractivity contribution is 0.0948. The monoisotopic (exact) mass is 378 g/mol. The van der Waals surface area contributed by atoms with E-state index in [4.69, 9.17) is 9.47 Å². The lowest BCUT2D eigenvalue weighted by Crippen LogP contribution is -2.26. The molecule has 0 unspecified atom stereocenters. The molecular formula is C21H22N4O3. The number of rotatable bonds is 8. The van der Waals surface area contributed by atoms with Crippen molar-refractivity contribution >= 4 is 17.4 Å². The summed E-state index contributed by atoms with van der Waals surface area (Å²) in [5.74, 6) is 1.87. The molecule has 2 aromatic carbocycles. The van der Waals surface area contributed by atoms with Crippen molar-refractivity contribution in [3.63, 3.8) is 0 Å². The third-order valence-corrected chi connectivity index (χ3v) is 4.09. The number of hydrogen-bond acceptors (Lipinski definition) is 6. The highest BCUT2D eigenvalue weighted by Crippen LogP contribution is 2.18. The Kier molecular flexibility index (Phi) is 6.41. The average molecular weight is 378 g/mol. The third-order valence-electron chi connectivity index (χ3n) is 4.09. The second-order valence-corrected chi connectivity index (χ2v) is 6.01. The van der Waals surface area contributed by atoms with Gasteiger partial charge in [0.15, 0.2) is 11.5 Å². The highest BCUT2D eigenvalue weighted by atomic mass is 16.5. The summed E-state index contributed by atoms with van der Waals surface area (Å²) in [7, 11) is 3.25. The quantitative estimate of drug-likeness (QED) is 0.626. The largest absolute Gasteiger partial charge is 0.497 e. The predicted molar refractivity (Wildman–Crippen MR) is 107 cm³/mol. The number of ether oxygens (including phenoxy) is 2. The minimum Gasteiger partial charge on any atom is -0.497 e. The number of carbonyl (C=O) groups is 1. The molecule has 0 saturated carbocycles. The van der Waals surface area contributed by atoms with Crippen LogP contribution in [0.4, 0.5) is 11.5 Å². The molecule has 0 fully saturated rings. The lowest BCUT2D eigenvalue weighted by atomic mass is 10.1. The van der Waals surface area contributed by atoms with E-state index in [0.29, 0.717) is 18.8 Å². The second-order valence-electron chi connectivity index (χ2n) is 6.01. The van der Waals surface area contributed by atoms with E-state index >= 15 is 0 Å². The third kappa shape index (κ3) is 5.20. The molecule has 3 rings (SSSR count). The Bertz CT molecular complexity index is 912. The van der Waals surface area contributed by atoms with E-state index in [1.165, 1.54) is 0 Å². The first-order chi connectivity index (χ1) is 13.7. The Morgan fingerprint density at radius 1 is 0.929 bits per heavy atom. The summed E-state index contributed by atoms with van der Waals surface area (Å²) >= 11 is 0. The first-order valence-corrected chi connectivity index (χ1v) is 8.84. The van der Waals surface area contributed by atoms with Crippen LogP contribution in [0.3, 0.4) is 0 Å². The number of benzene rings is 2. The van der Waals surface area contributed by atoms with Crippen LogP contribution in [0.5, 0.6) is 11.5 Å². The molecule has 2 N–H and O–H groups in total. The molecule has 28 heavy (non-hydrogen) atoms. The van der Waals surface area contributed by atoms with E-state index in [9.17, 15) is 4.79 Å². The van der Waals surface area contributed by atoms with Gasteiger partial charge in [-0.3, -0.25) is 4.79 Å². The van der Waals surface area contributed by atoms with Gasteiger partial charge in [-0.1, -0.05) is 12.1 Å². The van der Waals surface area contributed by atoms with Gasteiger partial charge in [0.05, 0.1) is 14.2 Å². The minimum absolute atomic E-state index is 0.258. The molecule has 0 radical (unpaired) electrons. The molecule has 0 aliphatic rings. The maximum atomic E-state index is 12.2.